The Balaban J connectivity index is 3.19. The van der Waals surface area contributed by atoms with E-state index in [0.29, 0.717) is 5.69 Å². The lowest BCUT2D eigenvalue weighted by atomic mass is 10.1. The summed E-state index contributed by atoms with van der Waals surface area (Å²) in [6.07, 6.45) is 0.241. The summed E-state index contributed by atoms with van der Waals surface area (Å²) in [4.78, 5) is 1.68. The van der Waals surface area contributed by atoms with E-state index in [9.17, 15) is 4.39 Å². The van der Waals surface area contributed by atoms with Crippen molar-refractivity contribution in [3.05, 3.63) is 29.6 Å². The van der Waals surface area contributed by atoms with E-state index in [4.69, 9.17) is 5.26 Å². The smallest absolute Gasteiger partial charge is 0.146 e. The lowest BCUT2D eigenvalue weighted by molar-refractivity contribution is 0.624. The van der Waals surface area contributed by atoms with E-state index in [0.717, 1.165) is 5.56 Å². The van der Waals surface area contributed by atoms with Crippen LogP contribution in [0.15, 0.2) is 18.2 Å². The number of para-hydroxylation sites is 1. The molecule has 0 spiro atoms. The third kappa shape index (κ3) is 1.97. The van der Waals surface area contributed by atoms with E-state index < -0.39 is 0 Å². The number of nitrogens with zero attached hydrogens (tertiary/aromatic N) is 2. The molecule has 3 heteroatoms. The molecule has 0 amide bonds. The predicted octanol–water partition coefficient (Wildman–Crippen LogP) is 1.96. The molecule has 2 nitrogen and oxygen atoms in total. The quantitative estimate of drug-likeness (QED) is 0.692. The number of hydrogen-bond donors (Lipinski definition) is 0. The van der Waals surface area contributed by atoms with E-state index in [1.165, 1.54) is 6.07 Å². The van der Waals surface area contributed by atoms with Crippen LogP contribution in [0.1, 0.15) is 5.56 Å². The van der Waals surface area contributed by atoms with Gasteiger partial charge in [-0.05, 0) is 11.6 Å². The standard InChI is InChI=1S/C10H11FN2/c1-13(2)10-8(6-7-12)4-3-5-9(10)11/h3-5H,6H2,1-2H3. The molecule has 0 aromatic heterocycles. The molecule has 0 bridgehead atoms. The first-order valence-electron chi connectivity index (χ1n) is 3.98. The van der Waals surface area contributed by atoms with Crippen LogP contribution in [-0.2, 0) is 6.42 Å². The van der Waals surface area contributed by atoms with Gasteiger partial charge in [0.2, 0.25) is 0 Å². The normalized spacial score (nSPS) is 9.38. The average Bonchev–Trinajstić information content (AvgIpc) is 2.04. The highest BCUT2D eigenvalue weighted by atomic mass is 19.1. The molecule has 0 aliphatic carbocycles. The molecule has 1 rings (SSSR count). The topological polar surface area (TPSA) is 27.0 Å². The highest BCUT2D eigenvalue weighted by Gasteiger charge is 2.08. The van der Waals surface area contributed by atoms with E-state index >= 15 is 0 Å². The van der Waals surface area contributed by atoms with Crippen molar-refractivity contribution < 1.29 is 4.39 Å². The van der Waals surface area contributed by atoms with Crippen molar-refractivity contribution in [1.29, 1.82) is 5.26 Å². The predicted molar refractivity (Wildman–Crippen MR) is 50.0 cm³/mol. The van der Waals surface area contributed by atoms with Crippen LogP contribution >= 0.6 is 0 Å². The summed E-state index contributed by atoms with van der Waals surface area (Å²) in [7, 11) is 3.53. The molecular weight excluding hydrogens is 167 g/mol. The van der Waals surface area contributed by atoms with Gasteiger partial charge in [-0.3, -0.25) is 0 Å². The van der Waals surface area contributed by atoms with E-state index in [-0.39, 0.29) is 12.2 Å². The first-order valence-corrected chi connectivity index (χ1v) is 3.98. The molecule has 0 aliphatic heterocycles. The van der Waals surface area contributed by atoms with Crippen LogP contribution in [0.2, 0.25) is 0 Å². The van der Waals surface area contributed by atoms with Gasteiger partial charge in [-0.1, -0.05) is 12.1 Å². The van der Waals surface area contributed by atoms with Crippen molar-refractivity contribution in [3.63, 3.8) is 0 Å². The summed E-state index contributed by atoms with van der Waals surface area (Å²) < 4.78 is 13.3. The summed E-state index contributed by atoms with van der Waals surface area (Å²) in [5, 5.41) is 8.53. The van der Waals surface area contributed by atoms with Gasteiger partial charge in [-0.25, -0.2) is 4.39 Å². The van der Waals surface area contributed by atoms with Gasteiger partial charge in [0.25, 0.3) is 0 Å². The highest BCUT2D eigenvalue weighted by Crippen LogP contribution is 2.22. The number of anilines is 1. The molecule has 0 unspecified atom stereocenters. The average molecular weight is 178 g/mol. The van der Waals surface area contributed by atoms with Crippen molar-refractivity contribution in [3.8, 4) is 6.07 Å². The van der Waals surface area contributed by atoms with Crippen LogP contribution in [0.25, 0.3) is 0 Å². The Morgan fingerprint density at radius 3 is 2.69 bits per heavy atom. The fraction of sp³-hybridized carbons (Fsp3) is 0.300. The first kappa shape index (κ1) is 9.53. The maximum Gasteiger partial charge on any atom is 0.146 e. The highest BCUT2D eigenvalue weighted by molar-refractivity contribution is 5.54. The minimum atomic E-state index is -0.280. The van der Waals surface area contributed by atoms with Crippen molar-refractivity contribution in [1.82, 2.24) is 0 Å². The van der Waals surface area contributed by atoms with Gasteiger partial charge in [0, 0.05) is 14.1 Å². The maximum atomic E-state index is 13.3. The van der Waals surface area contributed by atoms with E-state index in [2.05, 4.69) is 0 Å². The third-order valence-corrected chi connectivity index (χ3v) is 1.79. The molecule has 0 radical (unpaired) electrons. The zero-order chi connectivity index (χ0) is 9.84. The Labute approximate surface area is 77.2 Å². The molecule has 0 atom stereocenters. The molecule has 0 aliphatic rings. The van der Waals surface area contributed by atoms with Gasteiger partial charge in [0.15, 0.2) is 0 Å². The molecule has 0 saturated heterocycles. The zero-order valence-electron chi connectivity index (χ0n) is 7.71. The lowest BCUT2D eigenvalue weighted by Crippen LogP contribution is -2.13. The monoisotopic (exact) mass is 178 g/mol. The fourth-order valence-electron chi connectivity index (χ4n) is 1.29. The van der Waals surface area contributed by atoms with Crippen molar-refractivity contribution >= 4 is 5.69 Å². The molecule has 0 saturated carbocycles. The van der Waals surface area contributed by atoms with E-state index in [1.807, 2.05) is 6.07 Å². The second-order valence-electron chi connectivity index (χ2n) is 2.98. The summed E-state index contributed by atoms with van der Waals surface area (Å²) in [5.74, 6) is -0.280. The van der Waals surface area contributed by atoms with Gasteiger partial charge in [0.05, 0.1) is 18.2 Å². The lowest BCUT2D eigenvalue weighted by Gasteiger charge is -2.16. The van der Waals surface area contributed by atoms with Gasteiger partial charge >= 0.3 is 0 Å². The zero-order valence-corrected chi connectivity index (χ0v) is 7.71. The van der Waals surface area contributed by atoms with Gasteiger partial charge < -0.3 is 4.90 Å². The molecular formula is C10H11FN2. The van der Waals surface area contributed by atoms with Crippen LogP contribution in [-0.4, -0.2) is 14.1 Å². The summed E-state index contributed by atoms with van der Waals surface area (Å²) in [6.45, 7) is 0. The second-order valence-corrected chi connectivity index (χ2v) is 2.98. The Bertz CT molecular complexity index is 339. The van der Waals surface area contributed by atoms with Crippen molar-refractivity contribution in [2.24, 2.45) is 0 Å². The molecule has 68 valence electrons. The fourth-order valence-corrected chi connectivity index (χ4v) is 1.29. The number of nitriles is 1. The largest absolute Gasteiger partial charge is 0.375 e. The van der Waals surface area contributed by atoms with Crippen molar-refractivity contribution in [2.45, 2.75) is 6.42 Å². The molecule has 0 heterocycles. The first-order chi connectivity index (χ1) is 6.16. The third-order valence-electron chi connectivity index (χ3n) is 1.79. The minimum absolute atomic E-state index is 0.241. The summed E-state index contributed by atoms with van der Waals surface area (Å²) in [6, 6.07) is 6.80. The molecule has 0 fully saturated rings. The van der Waals surface area contributed by atoms with Crippen LogP contribution in [0.3, 0.4) is 0 Å². The molecule has 0 N–H and O–H groups in total. The van der Waals surface area contributed by atoms with Crippen molar-refractivity contribution in [2.75, 3.05) is 19.0 Å². The van der Waals surface area contributed by atoms with Gasteiger partial charge in [0.1, 0.15) is 5.82 Å². The maximum absolute atomic E-state index is 13.3. The Kier molecular flexibility index (Phi) is 2.86. The molecule has 1 aromatic carbocycles. The molecule has 13 heavy (non-hydrogen) atoms. The SMILES string of the molecule is CN(C)c1c(F)cccc1CC#N. The van der Waals surface area contributed by atoms with Crippen LogP contribution < -0.4 is 4.90 Å². The van der Waals surface area contributed by atoms with Gasteiger partial charge in [-0.15, -0.1) is 0 Å². The Hall–Kier alpha value is -1.56. The summed E-state index contributed by atoms with van der Waals surface area (Å²) in [5.41, 5.74) is 1.23. The number of hydrogen-bond acceptors (Lipinski definition) is 2. The minimum Gasteiger partial charge on any atom is -0.375 e. The Morgan fingerprint density at radius 2 is 2.15 bits per heavy atom. The van der Waals surface area contributed by atoms with Crippen LogP contribution in [0.4, 0.5) is 10.1 Å². The van der Waals surface area contributed by atoms with Gasteiger partial charge in [-0.2, -0.15) is 5.26 Å². The Morgan fingerprint density at radius 1 is 1.46 bits per heavy atom. The van der Waals surface area contributed by atoms with Crippen LogP contribution in [0.5, 0.6) is 0 Å². The number of rotatable bonds is 2. The van der Waals surface area contributed by atoms with E-state index in [1.54, 1.807) is 31.1 Å². The molecule has 1 aromatic rings. The number of halogens is 1. The summed E-state index contributed by atoms with van der Waals surface area (Å²) >= 11 is 0. The second kappa shape index (κ2) is 3.90. The van der Waals surface area contributed by atoms with Crippen LogP contribution in [0, 0.1) is 17.1 Å². The number of benzene rings is 1.